The summed E-state index contributed by atoms with van der Waals surface area (Å²) in [5.74, 6) is 0.467. The molecule has 170 valence electrons. The molecule has 6 nitrogen and oxygen atoms in total. The van der Waals surface area contributed by atoms with Crippen LogP contribution in [0.4, 0.5) is 4.39 Å². The first kappa shape index (κ1) is 23.5. The molecule has 0 saturated heterocycles. The topological polar surface area (TPSA) is 81.8 Å². The van der Waals surface area contributed by atoms with Gasteiger partial charge in [0.1, 0.15) is 29.6 Å². The van der Waals surface area contributed by atoms with E-state index in [9.17, 15) is 14.3 Å². The van der Waals surface area contributed by atoms with Gasteiger partial charge < -0.3 is 19.0 Å². The molecule has 0 fully saturated rings. The minimum absolute atomic E-state index is 0.213. The maximum atomic E-state index is 13.5. The molecule has 3 aromatic rings. The molecule has 1 N–H and O–H groups in total. The third-order valence-corrected chi connectivity index (χ3v) is 5.38. The fourth-order valence-corrected chi connectivity index (χ4v) is 3.58. The summed E-state index contributed by atoms with van der Waals surface area (Å²) in [4.78, 5) is 15.9. The Labute approximate surface area is 187 Å². The molecule has 3 rings (SSSR count). The molecular formula is C25H28FNO5. The van der Waals surface area contributed by atoms with Crippen molar-refractivity contribution in [3.8, 4) is 17.2 Å². The van der Waals surface area contributed by atoms with Gasteiger partial charge in [0.25, 0.3) is 0 Å². The van der Waals surface area contributed by atoms with E-state index in [1.807, 2.05) is 32.9 Å². The molecule has 1 atom stereocenters. The number of hydrogen-bond acceptors (Lipinski definition) is 5. The summed E-state index contributed by atoms with van der Waals surface area (Å²) >= 11 is 0. The summed E-state index contributed by atoms with van der Waals surface area (Å²) < 4.78 is 30.6. The second-order valence-corrected chi connectivity index (χ2v) is 7.80. The average Bonchev–Trinajstić information content (AvgIpc) is 3.10. The zero-order chi connectivity index (χ0) is 23.4. The van der Waals surface area contributed by atoms with E-state index >= 15 is 0 Å². The predicted octanol–water partition coefficient (Wildman–Crippen LogP) is 5.33. The molecule has 0 bridgehead atoms. The Morgan fingerprint density at radius 3 is 2.41 bits per heavy atom. The molecule has 0 aliphatic carbocycles. The van der Waals surface area contributed by atoms with E-state index in [1.54, 1.807) is 26.0 Å². The smallest absolute Gasteiger partial charge is 0.333 e. The van der Waals surface area contributed by atoms with Gasteiger partial charge in [-0.15, -0.1) is 0 Å². The van der Waals surface area contributed by atoms with Gasteiger partial charge in [0.2, 0.25) is 5.89 Å². The third kappa shape index (κ3) is 5.34. The highest BCUT2D eigenvalue weighted by atomic mass is 19.1. The van der Waals surface area contributed by atoms with Crippen LogP contribution in [0.5, 0.6) is 5.75 Å². The number of ether oxygens (including phenoxy) is 2. The van der Waals surface area contributed by atoms with Gasteiger partial charge in [0.05, 0.1) is 0 Å². The van der Waals surface area contributed by atoms with Gasteiger partial charge in [0, 0.05) is 18.6 Å². The second kappa shape index (κ2) is 9.96. The fourth-order valence-electron chi connectivity index (χ4n) is 3.58. The van der Waals surface area contributed by atoms with Crippen molar-refractivity contribution in [2.24, 2.45) is 0 Å². The zero-order valence-corrected chi connectivity index (χ0v) is 19.0. The average molecular weight is 441 g/mol. The number of benzene rings is 2. The van der Waals surface area contributed by atoms with Crippen LogP contribution >= 0.6 is 0 Å². The summed E-state index contributed by atoms with van der Waals surface area (Å²) in [6, 6.07) is 8.49. The fraction of sp³-hybridized carbons (Fsp3) is 0.360. The van der Waals surface area contributed by atoms with Gasteiger partial charge in [0.15, 0.2) is 6.10 Å². The summed E-state index contributed by atoms with van der Waals surface area (Å²) in [6.07, 6.45) is -0.584. The first-order chi connectivity index (χ1) is 15.2. The maximum Gasteiger partial charge on any atom is 0.333 e. The third-order valence-electron chi connectivity index (χ3n) is 5.38. The highest BCUT2D eigenvalue weighted by molar-refractivity contribution is 5.73. The molecule has 0 spiro atoms. The van der Waals surface area contributed by atoms with E-state index in [1.165, 1.54) is 6.07 Å². The van der Waals surface area contributed by atoms with Gasteiger partial charge in [-0.3, -0.25) is 0 Å². The Bertz CT molecular complexity index is 1100. The van der Waals surface area contributed by atoms with Crippen LogP contribution in [-0.2, 0) is 22.6 Å². The lowest BCUT2D eigenvalue weighted by Gasteiger charge is -2.17. The summed E-state index contributed by atoms with van der Waals surface area (Å²) in [7, 11) is 0. The summed E-state index contributed by atoms with van der Waals surface area (Å²) in [5.41, 5.74) is 4.69. The molecule has 1 heterocycles. The predicted molar refractivity (Wildman–Crippen MR) is 118 cm³/mol. The Hall–Kier alpha value is -3.19. The number of hydrogen-bond donors (Lipinski definition) is 1. The molecule has 0 saturated carbocycles. The monoisotopic (exact) mass is 441 g/mol. The Balaban J connectivity index is 1.74. The van der Waals surface area contributed by atoms with Crippen molar-refractivity contribution in [2.45, 2.75) is 53.8 Å². The Kier molecular flexibility index (Phi) is 7.30. The second-order valence-electron chi connectivity index (χ2n) is 7.80. The number of aliphatic carboxylic acids is 1. The van der Waals surface area contributed by atoms with Crippen molar-refractivity contribution < 1.29 is 28.2 Å². The van der Waals surface area contributed by atoms with Gasteiger partial charge in [-0.1, -0.05) is 0 Å². The summed E-state index contributed by atoms with van der Waals surface area (Å²) in [6.45, 7) is 9.69. The molecule has 2 aromatic carbocycles. The minimum Gasteiger partial charge on any atom is -0.487 e. The number of carboxylic acids is 1. The molecule has 0 aliphatic rings. The number of rotatable bonds is 9. The van der Waals surface area contributed by atoms with E-state index in [0.717, 1.165) is 16.7 Å². The molecular weight excluding hydrogens is 413 g/mol. The lowest BCUT2D eigenvalue weighted by Crippen LogP contribution is -2.27. The van der Waals surface area contributed by atoms with Crippen LogP contribution in [0.25, 0.3) is 11.5 Å². The summed E-state index contributed by atoms with van der Waals surface area (Å²) in [5, 5.41) is 9.37. The van der Waals surface area contributed by atoms with Crippen LogP contribution in [0.15, 0.2) is 34.7 Å². The maximum absolute atomic E-state index is 13.5. The highest BCUT2D eigenvalue weighted by Gasteiger charge is 2.21. The molecule has 0 unspecified atom stereocenters. The van der Waals surface area contributed by atoms with Crippen LogP contribution in [0.3, 0.4) is 0 Å². The molecule has 0 aliphatic heterocycles. The van der Waals surface area contributed by atoms with Crippen molar-refractivity contribution in [1.82, 2.24) is 4.98 Å². The lowest BCUT2D eigenvalue weighted by molar-refractivity contribution is -0.149. The molecule has 0 radical (unpaired) electrons. The van der Waals surface area contributed by atoms with Gasteiger partial charge in [-0.25, -0.2) is 14.2 Å². The first-order valence-electron chi connectivity index (χ1n) is 10.5. The van der Waals surface area contributed by atoms with Crippen LogP contribution in [0, 0.1) is 33.5 Å². The number of carboxylic acid groups (broad SMARTS) is 1. The number of halogens is 1. The number of carbonyl (C=O) groups is 1. The normalized spacial score (nSPS) is 12.1. The van der Waals surface area contributed by atoms with Crippen molar-refractivity contribution >= 4 is 5.97 Å². The van der Waals surface area contributed by atoms with Crippen molar-refractivity contribution in [2.75, 3.05) is 6.61 Å². The van der Waals surface area contributed by atoms with Crippen molar-refractivity contribution in [1.29, 1.82) is 0 Å². The molecule has 32 heavy (non-hydrogen) atoms. The van der Waals surface area contributed by atoms with E-state index < -0.39 is 12.1 Å². The molecule has 7 heteroatoms. The van der Waals surface area contributed by atoms with Gasteiger partial charge >= 0.3 is 5.97 Å². The van der Waals surface area contributed by atoms with Crippen molar-refractivity contribution in [3.05, 3.63) is 69.9 Å². The van der Waals surface area contributed by atoms with Crippen LogP contribution in [0.1, 0.15) is 40.6 Å². The zero-order valence-electron chi connectivity index (χ0n) is 19.0. The van der Waals surface area contributed by atoms with E-state index in [4.69, 9.17) is 13.9 Å². The van der Waals surface area contributed by atoms with Crippen LogP contribution in [-0.4, -0.2) is 28.8 Å². The number of nitrogens with zero attached hydrogens (tertiary/aromatic N) is 1. The number of aryl methyl sites for hydroxylation is 4. The van der Waals surface area contributed by atoms with Gasteiger partial charge in [-0.2, -0.15) is 0 Å². The van der Waals surface area contributed by atoms with E-state index in [0.29, 0.717) is 47.2 Å². The number of oxazole rings is 1. The molecule has 1 aromatic heterocycles. The highest BCUT2D eigenvalue weighted by Crippen LogP contribution is 2.27. The SMILES string of the molecule is CCO[C@@H](Cc1c(C)cc(OCc2nc(-c3ccc(F)c(C)c3)oc2C)cc1C)C(=O)O. The quantitative estimate of drug-likeness (QED) is 0.484. The Morgan fingerprint density at radius 2 is 1.81 bits per heavy atom. The first-order valence-corrected chi connectivity index (χ1v) is 10.5. The molecule has 0 amide bonds. The van der Waals surface area contributed by atoms with Crippen molar-refractivity contribution in [3.63, 3.8) is 0 Å². The lowest BCUT2D eigenvalue weighted by atomic mass is 9.97. The van der Waals surface area contributed by atoms with E-state index in [-0.39, 0.29) is 12.4 Å². The van der Waals surface area contributed by atoms with E-state index in [2.05, 4.69) is 4.98 Å². The van der Waals surface area contributed by atoms with Crippen LogP contribution in [0.2, 0.25) is 0 Å². The standard InChI is InChI=1S/C25H28FNO5/c1-6-30-23(25(28)29)12-20-14(2)10-19(11-15(20)3)31-13-22-17(5)32-24(27-22)18-7-8-21(26)16(4)9-18/h7-11,23H,6,12-13H2,1-5H3,(H,28,29)/t23-/m0/s1. The number of aromatic nitrogens is 1. The van der Waals surface area contributed by atoms with Gasteiger partial charge in [-0.05, 0) is 87.2 Å². The Morgan fingerprint density at radius 1 is 1.12 bits per heavy atom. The minimum atomic E-state index is -0.973. The van der Waals surface area contributed by atoms with Crippen LogP contribution < -0.4 is 4.74 Å². The largest absolute Gasteiger partial charge is 0.487 e.